The summed E-state index contributed by atoms with van der Waals surface area (Å²) in [7, 11) is 1.67. The molecule has 0 bridgehead atoms. The summed E-state index contributed by atoms with van der Waals surface area (Å²) in [5, 5.41) is 12.7. The molecular weight excluding hydrogens is 320 g/mol. The van der Waals surface area contributed by atoms with Gasteiger partial charge in [0.15, 0.2) is 6.54 Å². The van der Waals surface area contributed by atoms with Crippen LogP contribution < -0.4 is 9.64 Å². The fourth-order valence-electron chi connectivity index (χ4n) is 3.42. The Hall–Kier alpha value is -1.98. The van der Waals surface area contributed by atoms with E-state index >= 15 is 0 Å². The Balaban J connectivity index is 1.76. The van der Waals surface area contributed by atoms with Crippen molar-refractivity contribution in [2.75, 3.05) is 30.9 Å². The summed E-state index contributed by atoms with van der Waals surface area (Å²) in [5.74, 6) is 1.93. The predicted octanol–water partition coefficient (Wildman–Crippen LogP) is 2.87. The van der Waals surface area contributed by atoms with Crippen LogP contribution in [0.15, 0.2) is 54.6 Å². The molecule has 0 saturated carbocycles. The molecule has 1 atom stereocenters. The molecule has 0 fully saturated rings. The van der Waals surface area contributed by atoms with Crippen LogP contribution in [-0.2, 0) is 5.72 Å². The molecule has 1 N–H and O–H groups in total. The Morgan fingerprint density at radius 1 is 1.12 bits per heavy atom. The van der Waals surface area contributed by atoms with Gasteiger partial charge in [-0.15, -0.1) is 0 Å². The van der Waals surface area contributed by atoms with Gasteiger partial charge >= 0.3 is 5.17 Å². The van der Waals surface area contributed by atoms with Gasteiger partial charge in [-0.25, -0.2) is 9.48 Å². The van der Waals surface area contributed by atoms with Gasteiger partial charge in [-0.3, -0.25) is 0 Å². The van der Waals surface area contributed by atoms with E-state index in [0.29, 0.717) is 6.54 Å². The molecule has 2 aromatic carbocycles. The summed E-state index contributed by atoms with van der Waals surface area (Å²) in [6, 6.07) is 18.0. The number of nitrogens with zero attached hydrogens (tertiary/aromatic N) is 2. The van der Waals surface area contributed by atoms with Gasteiger partial charge < -0.3 is 9.84 Å². The first-order valence-corrected chi connectivity index (χ1v) is 9.18. The van der Waals surface area contributed by atoms with Gasteiger partial charge in [-0.05, 0) is 42.4 Å². The average molecular weight is 341 g/mol. The lowest BCUT2D eigenvalue weighted by molar-refractivity contribution is -0.656. The summed E-state index contributed by atoms with van der Waals surface area (Å²) < 4.78 is 7.41. The van der Waals surface area contributed by atoms with E-state index in [1.165, 1.54) is 0 Å². The maximum absolute atomic E-state index is 11.5. The van der Waals surface area contributed by atoms with Gasteiger partial charge in [0.25, 0.3) is 5.72 Å². The number of ether oxygens (including phenoxy) is 1. The quantitative estimate of drug-likeness (QED) is 0.871. The molecule has 0 saturated heterocycles. The minimum atomic E-state index is -0.982. The first kappa shape index (κ1) is 15.5. The molecule has 5 heteroatoms. The van der Waals surface area contributed by atoms with E-state index in [1.807, 2.05) is 54.2 Å². The van der Waals surface area contributed by atoms with Crippen molar-refractivity contribution in [2.24, 2.45) is 0 Å². The van der Waals surface area contributed by atoms with Gasteiger partial charge in [0.05, 0.1) is 13.7 Å². The average Bonchev–Trinajstić information content (AvgIpc) is 2.97. The number of benzene rings is 2. The normalized spacial score (nSPS) is 23.3. The van der Waals surface area contributed by atoms with Gasteiger partial charge in [0.2, 0.25) is 0 Å². The third-order valence-corrected chi connectivity index (χ3v) is 5.86. The van der Waals surface area contributed by atoms with Crippen LogP contribution in [0.25, 0.3) is 0 Å². The number of rotatable bonds is 3. The lowest BCUT2D eigenvalue weighted by Gasteiger charge is -2.24. The number of thioether (sulfide) groups is 1. The van der Waals surface area contributed by atoms with Crippen LogP contribution in [0.1, 0.15) is 12.0 Å². The molecule has 2 aromatic rings. The highest BCUT2D eigenvalue weighted by atomic mass is 32.2. The van der Waals surface area contributed by atoms with Crippen LogP contribution in [0.3, 0.4) is 0 Å². The van der Waals surface area contributed by atoms with Crippen molar-refractivity contribution >= 4 is 22.6 Å². The highest BCUT2D eigenvalue weighted by Gasteiger charge is 2.53. The molecule has 124 valence electrons. The van der Waals surface area contributed by atoms with E-state index in [1.54, 1.807) is 7.11 Å². The third-order valence-electron chi connectivity index (χ3n) is 4.66. The molecule has 4 nitrogen and oxygen atoms in total. The largest absolute Gasteiger partial charge is 0.497 e. The van der Waals surface area contributed by atoms with E-state index in [-0.39, 0.29) is 0 Å². The van der Waals surface area contributed by atoms with Crippen LogP contribution in [-0.4, -0.2) is 40.8 Å². The van der Waals surface area contributed by atoms with Crippen LogP contribution in [0.4, 0.5) is 5.69 Å². The molecular formula is C19H21N2O2S+. The number of hydrogen-bond donors (Lipinski definition) is 1. The van der Waals surface area contributed by atoms with Crippen LogP contribution in [0.2, 0.25) is 0 Å². The lowest BCUT2D eigenvalue weighted by Crippen LogP contribution is -2.41. The van der Waals surface area contributed by atoms with E-state index < -0.39 is 5.72 Å². The third kappa shape index (κ3) is 2.48. The van der Waals surface area contributed by atoms with Crippen LogP contribution in [0.5, 0.6) is 5.75 Å². The molecule has 2 aliphatic rings. The highest BCUT2D eigenvalue weighted by molar-refractivity contribution is 8.13. The van der Waals surface area contributed by atoms with Crippen molar-refractivity contribution in [1.29, 1.82) is 0 Å². The molecule has 1 unspecified atom stereocenters. The van der Waals surface area contributed by atoms with Gasteiger partial charge in [-0.2, -0.15) is 0 Å². The number of aliphatic hydroxyl groups is 1. The molecule has 0 radical (unpaired) electrons. The van der Waals surface area contributed by atoms with Gasteiger partial charge in [-0.1, -0.05) is 30.3 Å². The lowest BCUT2D eigenvalue weighted by atomic mass is 10.0. The summed E-state index contributed by atoms with van der Waals surface area (Å²) in [4.78, 5) is 2.22. The smallest absolute Gasteiger partial charge is 0.316 e. The summed E-state index contributed by atoms with van der Waals surface area (Å²) in [6.07, 6.45) is 1.08. The second kappa shape index (κ2) is 6.15. The van der Waals surface area contributed by atoms with Crippen LogP contribution in [0, 0.1) is 0 Å². The minimum Gasteiger partial charge on any atom is -0.497 e. The van der Waals surface area contributed by atoms with Crippen molar-refractivity contribution in [1.82, 2.24) is 0 Å². The Morgan fingerprint density at radius 2 is 1.88 bits per heavy atom. The zero-order chi connectivity index (χ0) is 16.6. The van der Waals surface area contributed by atoms with E-state index in [9.17, 15) is 5.11 Å². The molecule has 0 amide bonds. The summed E-state index contributed by atoms with van der Waals surface area (Å²) >= 11 is 1.82. The molecule has 0 spiro atoms. The summed E-state index contributed by atoms with van der Waals surface area (Å²) in [6.45, 7) is 1.41. The van der Waals surface area contributed by atoms with Crippen molar-refractivity contribution in [3.05, 3.63) is 60.2 Å². The monoisotopic (exact) mass is 341 g/mol. The fraction of sp³-hybridized carbons (Fsp3) is 0.316. The highest BCUT2D eigenvalue weighted by Crippen LogP contribution is 2.37. The molecule has 2 aliphatic heterocycles. The van der Waals surface area contributed by atoms with Crippen molar-refractivity contribution in [3.8, 4) is 5.75 Å². The predicted molar refractivity (Wildman–Crippen MR) is 97.9 cm³/mol. The number of hydrogen-bond acceptors (Lipinski definition) is 4. The van der Waals surface area contributed by atoms with E-state index in [0.717, 1.165) is 40.9 Å². The maximum atomic E-state index is 11.5. The zero-order valence-electron chi connectivity index (χ0n) is 13.7. The molecule has 0 aliphatic carbocycles. The number of anilines is 1. The zero-order valence-corrected chi connectivity index (χ0v) is 14.5. The first-order valence-electron chi connectivity index (χ1n) is 8.19. The molecule has 0 aromatic heterocycles. The second-order valence-electron chi connectivity index (χ2n) is 6.10. The Bertz CT molecular complexity index is 761. The standard InChI is InChI=1S/C19H21N2O2S/c1-23-17-10-8-16(9-11-17)20-14-19(22,15-6-3-2-4-7-15)21-12-5-13-24-18(20)21/h2-4,6-11,22H,5,12-14H2,1H3/q+1. The van der Waals surface area contributed by atoms with Gasteiger partial charge in [0, 0.05) is 11.3 Å². The minimum absolute atomic E-state index is 0.533. The van der Waals surface area contributed by atoms with Crippen molar-refractivity contribution in [3.63, 3.8) is 0 Å². The topological polar surface area (TPSA) is 35.7 Å². The first-order chi connectivity index (χ1) is 11.7. The van der Waals surface area contributed by atoms with E-state index in [4.69, 9.17) is 4.74 Å². The van der Waals surface area contributed by atoms with Crippen molar-refractivity contribution < 1.29 is 14.4 Å². The Morgan fingerprint density at radius 3 is 2.58 bits per heavy atom. The van der Waals surface area contributed by atoms with Crippen molar-refractivity contribution in [2.45, 2.75) is 12.1 Å². The molecule has 24 heavy (non-hydrogen) atoms. The Labute approximate surface area is 146 Å². The summed E-state index contributed by atoms with van der Waals surface area (Å²) in [5.41, 5.74) is 1.04. The second-order valence-corrected chi connectivity index (χ2v) is 7.17. The SMILES string of the molecule is COc1ccc(N2CC(O)(c3ccccc3)[N+]3=C2SCCC3)cc1. The van der Waals surface area contributed by atoms with Crippen LogP contribution >= 0.6 is 11.8 Å². The number of methoxy groups -OCH3 is 1. The Kier molecular flexibility index (Phi) is 3.98. The number of β-amino-alcohol motifs (C(OH)–C–C–N with tert-alkyl or cyclic N) is 1. The van der Waals surface area contributed by atoms with Gasteiger partial charge in [0.1, 0.15) is 11.4 Å². The van der Waals surface area contributed by atoms with E-state index in [2.05, 4.69) is 21.6 Å². The molecule has 2 heterocycles. The fourth-order valence-corrected chi connectivity index (χ4v) is 4.60. The molecule has 4 rings (SSSR count). The maximum Gasteiger partial charge on any atom is 0.316 e. The number of amidine groups is 1.